The highest BCUT2D eigenvalue weighted by molar-refractivity contribution is 7.89. The Kier molecular flexibility index (Phi) is 5.52. The van der Waals surface area contributed by atoms with E-state index in [9.17, 15) is 8.42 Å². The quantitative estimate of drug-likeness (QED) is 0.719. The molecule has 1 aromatic rings. The van der Waals surface area contributed by atoms with E-state index in [1.807, 2.05) is 13.8 Å². The van der Waals surface area contributed by atoms with Crippen molar-refractivity contribution in [2.75, 3.05) is 25.5 Å². The maximum absolute atomic E-state index is 11.8. The number of hydrogen-bond donors (Lipinski definition) is 2. The van der Waals surface area contributed by atoms with Crippen molar-refractivity contribution in [1.29, 1.82) is 0 Å². The number of nitrogens with one attached hydrogen (secondary N) is 2. The summed E-state index contributed by atoms with van der Waals surface area (Å²) in [6, 6.07) is 3.11. The second-order valence-corrected chi connectivity index (χ2v) is 5.71. The average molecular weight is 273 g/mol. The number of ether oxygens (including phenoxy) is 1. The molecule has 1 heterocycles. The highest BCUT2D eigenvalue weighted by Gasteiger charge is 2.13. The second-order valence-electron chi connectivity index (χ2n) is 3.95. The molecule has 1 aromatic heterocycles. The van der Waals surface area contributed by atoms with Gasteiger partial charge in [-0.25, -0.2) is 18.1 Å². The summed E-state index contributed by atoms with van der Waals surface area (Å²) in [5, 5.41) is 2.82. The van der Waals surface area contributed by atoms with Crippen LogP contribution in [0.25, 0.3) is 0 Å². The lowest BCUT2D eigenvalue weighted by Crippen LogP contribution is -2.28. The lowest BCUT2D eigenvalue weighted by molar-refractivity contribution is 0.0834. The summed E-state index contributed by atoms with van der Waals surface area (Å²) in [7, 11) is -1.78. The predicted molar refractivity (Wildman–Crippen MR) is 70.1 cm³/mol. The summed E-state index contributed by atoms with van der Waals surface area (Å²) < 4.78 is 31.4. The first-order valence-electron chi connectivity index (χ1n) is 5.71. The van der Waals surface area contributed by atoms with E-state index >= 15 is 0 Å². The predicted octanol–water partition coefficient (Wildman–Crippen LogP) is 0.827. The minimum atomic E-state index is -3.50. The van der Waals surface area contributed by atoms with Crippen molar-refractivity contribution < 1.29 is 13.2 Å². The summed E-state index contributed by atoms with van der Waals surface area (Å²) in [5.74, 6) is 0.622. The van der Waals surface area contributed by atoms with Gasteiger partial charge in [0.1, 0.15) is 10.7 Å². The number of rotatable bonds is 7. The van der Waals surface area contributed by atoms with E-state index in [2.05, 4.69) is 15.0 Å². The molecule has 0 aliphatic rings. The van der Waals surface area contributed by atoms with Crippen molar-refractivity contribution in [1.82, 2.24) is 9.71 Å². The second kappa shape index (κ2) is 6.67. The summed E-state index contributed by atoms with van der Waals surface area (Å²) >= 11 is 0. The van der Waals surface area contributed by atoms with Crippen LogP contribution in [-0.4, -0.2) is 39.7 Å². The molecule has 0 unspecified atom stereocenters. The molecule has 0 bridgehead atoms. The Balaban J connectivity index is 2.57. The molecule has 6 nitrogen and oxygen atoms in total. The van der Waals surface area contributed by atoms with Crippen LogP contribution in [0.4, 0.5) is 5.82 Å². The fourth-order valence-electron chi connectivity index (χ4n) is 1.24. The summed E-state index contributed by atoms with van der Waals surface area (Å²) in [5.41, 5.74) is 0. The van der Waals surface area contributed by atoms with E-state index in [0.29, 0.717) is 12.4 Å². The Bertz CT molecular complexity index is 457. The van der Waals surface area contributed by atoms with Gasteiger partial charge in [-0.15, -0.1) is 0 Å². The summed E-state index contributed by atoms with van der Waals surface area (Å²) in [4.78, 5) is 4.10. The molecule has 0 atom stereocenters. The molecular formula is C11H19N3O3S. The molecule has 1 rings (SSSR count). The van der Waals surface area contributed by atoms with Gasteiger partial charge in [-0.1, -0.05) is 0 Å². The Morgan fingerprint density at radius 1 is 1.39 bits per heavy atom. The Morgan fingerprint density at radius 3 is 2.61 bits per heavy atom. The van der Waals surface area contributed by atoms with Crippen molar-refractivity contribution in [2.45, 2.75) is 24.8 Å². The Morgan fingerprint density at radius 2 is 2.11 bits per heavy atom. The van der Waals surface area contributed by atoms with Crippen molar-refractivity contribution in [2.24, 2.45) is 0 Å². The highest BCUT2D eigenvalue weighted by Crippen LogP contribution is 2.09. The van der Waals surface area contributed by atoms with Crippen molar-refractivity contribution >= 4 is 15.8 Å². The number of hydrogen-bond acceptors (Lipinski definition) is 5. The first-order valence-corrected chi connectivity index (χ1v) is 7.19. The van der Waals surface area contributed by atoms with Gasteiger partial charge in [0.15, 0.2) is 0 Å². The van der Waals surface area contributed by atoms with Gasteiger partial charge in [0.25, 0.3) is 0 Å². The van der Waals surface area contributed by atoms with E-state index in [0.717, 1.165) is 0 Å². The SMILES string of the molecule is CNc1ccc(S(=O)(=O)NCCOC(C)C)cn1. The number of aromatic nitrogens is 1. The molecule has 0 spiro atoms. The minimum absolute atomic E-state index is 0.0890. The molecule has 0 aliphatic heterocycles. The van der Waals surface area contributed by atoms with Crippen LogP contribution in [0.1, 0.15) is 13.8 Å². The molecular weight excluding hydrogens is 254 g/mol. The topological polar surface area (TPSA) is 80.3 Å². The molecule has 2 N–H and O–H groups in total. The zero-order valence-corrected chi connectivity index (χ0v) is 11.6. The van der Waals surface area contributed by atoms with Gasteiger partial charge >= 0.3 is 0 Å². The number of anilines is 1. The number of sulfonamides is 1. The summed E-state index contributed by atoms with van der Waals surface area (Å²) in [6.07, 6.45) is 1.41. The van der Waals surface area contributed by atoms with Gasteiger partial charge in [0, 0.05) is 19.8 Å². The standard InChI is InChI=1S/C11H19N3O3S/c1-9(2)17-7-6-14-18(15,16)10-4-5-11(12-3)13-8-10/h4-5,8-9,14H,6-7H2,1-3H3,(H,12,13). The molecule has 0 amide bonds. The average Bonchev–Trinajstić information content (AvgIpc) is 2.34. The fraction of sp³-hybridized carbons (Fsp3) is 0.545. The van der Waals surface area contributed by atoms with Crippen molar-refractivity contribution in [3.8, 4) is 0 Å². The molecule has 0 radical (unpaired) electrons. The van der Waals surface area contributed by atoms with Crippen LogP contribution in [0, 0.1) is 0 Å². The van der Waals surface area contributed by atoms with Crippen LogP contribution in [0.5, 0.6) is 0 Å². The third-order valence-electron chi connectivity index (χ3n) is 2.15. The van der Waals surface area contributed by atoms with Gasteiger partial charge < -0.3 is 10.1 Å². The van der Waals surface area contributed by atoms with Gasteiger partial charge in [-0.2, -0.15) is 0 Å². The highest BCUT2D eigenvalue weighted by atomic mass is 32.2. The largest absolute Gasteiger partial charge is 0.377 e. The Hall–Kier alpha value is -1.18. The molecule has 102 valence electrons. The van der Waals surface area contributed by atoms with Crippen LogP contribution in [-0.2, 0) is 14.8 Å². The van der Waals surface area contributed by atoms with E-state index in [-0.39, 0.29) is 17.5 Å². The van der Waals surface area contributed by atoms with E-state index in [4.69, 9.17) is 4.74 Å². The van der Waals surface area contributed by atoms with Crippen LogP contribution in [0.3, 0.4) is 0 Å². The summed E-state index contributed by atoms with van der Waals surface area (Å²) in [6.45, 7) is 4.39. The van der Waals surface area contributed by atoms with E-state index in [1.54, 1.807) is 13.1 Å². The maximum atomic E-state index is 11.8. The van der Waals surface area contributed by atoms with Gasteiger partial charge in [0.05, 0.1) is 12.7 Å². The van der Waals surface area contributed by atoms with Crippen molar-refractivity contribution in [3.05, 3.63) is 18.3 Å². The lowest BCUT2D eigenvalue weighted by atomic mass is 10.5. The number of pyridine rings is 1. The molecule has 0 saturated carbocycles. The van der Waals surface area contributed by atoms with E-state index < -0.39 is 10.0 Å². The van der Waals surface area contributed by atoms with Gasteiger partial charge in [-0.3, -0.25) is 0 Å². The van der Waals surface area contributed by atoms with E-state index in [1.165, 1.54) is 12.3 Å². The zero-order valence-electron chi connectivity index (χ0n) is 10.8. The fourth-order valence-corrected chi connectivity index (χ4v) is 2.20. The first-order chi connectivity index (χ1) is 8.45. The maximum Gasteiger partial charge on any atom is 0.242 e. The zero-order chi connectivity index (χ0) is 13.6. The number of nitrogens with zero attached hydrogens (tertiary/aromatic N) is 1. The van der Waals surface area contributed by atoms with Crippen molar-refractivity contribution in [3.63, 3.8) is 0 Å². The third-order valence-corrected chi connectivity index (χ3v) is 3.59. The smallest absolute Gasteiger partial charge is 0.242 e. The van der Waals surface area contributed by atoms with Crippen LogP contribution in [0.15, 0.2) is 23.2 Å². The molecule has 0 fully saturated rings. The first kappa shape index (κ1) is 14.9. The molecule has 7 heteroatoms. The monoisotopic (exact) mass is 273 g/mol. The van der Waals surface area contributed by atoms with Crippen LogP contribution < -0.4 is 10.0 Å². The molecule has 0 aliphatic carbocycles. The normalized spacial score (nSPS) is 11.8. The van der Waals surface area contributed by atoms with Crippen LogP contribution in [0.2, 0.25) is 0 Å². The van der Waals surface area contributed by atoms with Crippen LogP contribution >= 0.6 is 0 Å². The van der Waals surface area contributed by atoms with Gasteiger partial charge in [-0.05, 0) is 26.0 Å². The van der Waals surface area contributed by atoms with Gasteiger partial charge in [0.2, 0.25) is 10.0 Å². The molecule has 0 aromatic carbocycles. The molecule has 0 saturated heterocycles. The minimum Gasteiger partial charge on any atom is -0.377 e. The lowest BCUT2D eigenvalue weighted by Gasteiger charge is -2.09. The molecule has 18 heavy (non-hydrogen) atoms. The third kappa shape index (κ3) is 4.59. The Labute approximate surface area is 108 Å².